The quantitative estimate of drug-likeness (QED) is 0.856. The number of rotatable bonds is 3. The van der Waals surface area contributed by atoms with E-state index in [1.807, 2.05) is 26.0 Å². The molecule has 0 saturated heterocycles. The van der Waals surface area contributed by atoms with Crippen molar-refractivity contribution in [2.45, 2.75) is 32.9 Å². The summed E-state index contributed by atoms with van der Waals surface area (Å²) in [6, 6.07) is 11.7. The van der Waals surface area contributed by atoms with E-state index in [0.29, 0.717) is 11.3 Å². The molecule has 1 aliphatic heterocycles. The highest BCUT2D eigenvalue weighted by Crippen LogP contribution is 2.32. The number of fused-ring (bicyclic) bond motifs is 1. The molecule has 0 aromatic heterocycles. The van der Waals surface area contributed by atoms with Crippen LogP contribution in [0.1, 0.15) is 43.4 Å². The number of nitrogens with zero attached hydrogens (tertiary/aromatic N) is 1. The predicted molar refractivity (Wildman–Crippen MR) is 96.8 cm³/mol. The van der Waals surface area contributed by atoms with E-state index in [2.05, 4.69) is 10.3 Å². The molecule has 5 nitrogen and oxygen atoms in total. The van der Waals surface area contributed by atoms with Crippen LogP contribution in [0.15, 0.2) is 47.5 Å². The normalized spacial score (nSPS) is 16.4. The van der Waals surface area contributed by atoms with Gasteiger partial charge in [0.2, 0.25) is 0 Å². The maximum Gasteiger partial charge on any atom is 0.305 e. The van der Waals surface area contributed by atoms with Gasteiger partial charge in [0.05, 0.1) is 11.4 Å². The molecule has 1 heterocycles. The van der Waals surface area contributed by atoms with Crippen LogP contribution in [-0.4, -0.2) is 23.8 Å². The van der Waals surface area contributed by atoms with Crippen LogP contribution < -0.4 is 5.32 Å². The van der Waals surface area contributed by atoms with Gasteiger partial charge in [-0.1, -0.05) is 44.2 Å². The summed E-state index contributed by atoms with van der Waals surface area (Å²) < 4.78 is 19.5. The van der Waals surface area contributed by atoms with Crippen molar-refractivity contribution in [1.29, 1.82) is 0 Å². The van der Waals surface area contributed by atoms with Crippen molar-refractivity contribution in [2.75, 3.05) is 5.32 Å². The molecule has 0 radical (unpaired) electrons. The third kappa shape index (κ3) is 3.35. The highest BCUT2D eigenvalue weighted by molar-refractivity contribution is 6.20. The standard InChI is InChI=1S/C20H19FN2O3/c1-11(2)13-8-6-9-15-17(13)22-19(25)20(26-12(3)24)23-18(15)14-7-4-5-10-16(14)21/h4-11,20H,1-3H3,(H,22,25). The predicted octanol–water partition coefficient (Wildman–Crippen LogP) is 3.63. The summed E-state index contributed by atoms with van der Waals surface area (Å²) in [4.78, 5) is 28.2. The molecule has 0 saturated carbocycles. The van der Waals surface area contributed by atoms with Gasteiger partial charge < -0.3 is 10.1 Å². The number of esters is 1. The zero-order valence-corrected chi connectivity index (χ0v) is 14.7. The first-order valence-electron chi connectivity index (χ1n) is 8.32. The Bertz CT molecular complexity index is 906. The largest absolute Gasteiger partial charge is 0.430 e. The van der Waals surface area contributed by atoms with E-state index in [1.54, 1.807) is 24.3 Å². The Kier molecular flexibility index (Phi) is 4.84. The van der Waals surface area contributed by atoms with Crippen LogP contribution in [0.4, 0.5) is 10.1 Å². The van der Waals surface area contributed by atoms with E-state index in [1.165, 1.54) is 13.0 Å². The molecular weight excluding hydrogens is 335 g/mol. The first-order chi connectivity index (χ1) is 12.4. The molecule has 6 heteroatoms. The van der Waals surface area contributed by atoms with Crippen molar-refractivity contribution in [3.63, 3.8) is 0 Å². The van der Waals surface area contributed by atoms with Crippen LogP contribution in [0.3, 0.4) is 0 Å². The fourth-order valence-electron chi connectivity index (χ4n) is 2.92. The monoisotopic (exact) mass is 354 g/mol. The molecule has 0 spiro atoms. The van der Waals surface area contributed by atoms with Crippen LogP contribution >= 0.6 is 0 Å². The minimum Gasteiger partial charge on any atom is -0.430 e. The fourth-order valence-corrected chi connectivity index (χ4v) is 2.92. The fraction of sp³-hybridized carbons (Fsp3) is 0.250. The Balaban J connectivity index is 2.26. The number of amides is 1. The van der Waals surface area contributed by atoms with Crippen LogP contribution in [0.2, 0.25) is 0 Å². The summed E-state index contributed by atoms with van der Waals surface area (Å²) in [6.07, 6.45) is -1.38. The highest BCUT2D eigenvalue weighted by Gasteiger charge is 2.30. The first kappa shape index (κ1) is 17.8. The molecule has 0 bridgehead atoms. The van der Waals surface area contributed by atoms with Crippen molar-refractivity contribution in [3.05, 3.63) is 65.0 Å². The summed E-state index contributed by atoms with van der Waals surface area (Å²) in [5, 5.41) is 2.79. The third-order valence-corrected chi connectivity index (χ3v) is 4.10. The molecule has 0 aliphatic carbocycles. The molecule has 2 aromatic rings. The average molecular weight is 354 g/mol. The number of hydrogen-bond acceptors (Lipinski definition) is 4. The first-order valence-corrected chi connectivity index (χ1v) is 8.32. The number of para-hydroxylation sites is 1. The number of benzodiazepines with no additional fused rings is 1. The average Bonchev–Trinajstić information content (AvgIpc) is 2.71. The number of hydrogen-bond donors (Lipinski definition) is 1. The SMILES string of the molecule is CC(=O)OC1N=C(c2ccccc2F)c2cccc(C(C)C)c2NC1=O. The molecule has 1 aliphatic rings. The number of nitrogens with one attached hydrogen (secondary N) is 1. The zero-order chi connectivity index (χ0) is 18.8. The number of carbonyl (C=O) groups excluding carboxylic acids is 2. The lowest BCUT2D eigenvalue weighted by molar-refractivity contribution is -0.151. The lowest BCUT2D eigenvalue weighted by Crippen LogP contribution is -2.30. The van der Waals surface area contributed by atoms with Crippen molar-refractivity contribution in [2.24, 2.45) is 4.99 Å². The van der Waals surface area contributed by atoms with Crippen molar-refractivity contribution < 1.29 is 18.7 Å². The molecule has 1 amide bonds. The summed E-state index contributed by atoms with van der Waals surface area (Å²) in [5.41, 5.74) is 2.55. The minimum atomic E-state index is -1.38. The number of halogens is 1. The molecule has 2 aromatic carbocycles. The van der Waals surface area contributed by atoms with E-state index in [4.69, 9.17) is 4.74 Å². The van der Waals surface area contributed by atoms with E-state index in [-0.39, 0.29) is 17.2 Å². The van der Waals surface area contributed by atoms with Gasteiger partial charge in [-0.05, 0) is 23.6 Å². The molecule has 1 N–H and O–H groups in total. The zero-order valence-electron chi connectivity index (χ0n) is 14.7. The van der Waals surface area contributed by atoms with Gasteiger partial charge in [0.15, 0.2) is 0 Å². The molecule has 26 heavy (non-hydrogen) atoms. The summed E-state index contributed by atoms with van der Waals surface area (Å²) in [5.74, 6) is -1.56. The molecular formula is C20H19FN2O3. The number of anilines is 1. The smallest absolute Gasteiger partial charge is 0.305 e. The number of ether oxygens (including phenoxy) is 1. The van der Waals surface area contributed by atoms with E-state index < -0.39 is 23.9 Å². The van der Waals surface area contributed by atoms with E-state index >= 15 is 0 Å². The van der Waals surface area contributed by atoms with Crippen LogP contribution in [0.25, 0.3) is 0 Å². The summed E-state index contributed by atoms with van der Waals surface area (Å²) >= 11 is 0. The Morgan fingerprint density at radius 1 is 1.15 bits per heavy atom. The second-order valence-corrected chi connectivity index (χ2v) is 6.33. The van der Waals surface area contributed by atoms with Crippen LogP contribution in [-0.2, 0) is 14.3 Å². The lowest BCUT2D eigenvalue weighted by atomic mass is 9.93. The van der Waals surface area contributed by atoms with Gasteiger partial charge in [-0.15, -0.1) is 0 Å². The summed E-state index contributed by atoms with van der Waals surface area (Å²) in [7, 11) is 0. The van der Waals surface area contributed by atoms with Gasteiger partial charge in [-0.2, -0.15) is 0 Å². The van der Waals surface area contributed by atoms with Gasteiger partial charge in [0.25, 0.3) is 12.1 Å². The Hall–Kier alpha value is -3.02. The maximum absolute atomic E-state index is 14.5. The van der Waals surface area contributed by atoms with Gasteiger partial charge in [-0.25, -0.2) is 9.38 Å². The molecule has 134 valence electrons. The van der Waals surface area contributed by atoms with Gasteiger partial charge in [0.1, 0.15) is 5.82 Å². The van der Waals surface area contributed by atoms with Crippen LogP contribution in [0, 0.1) is 5.82 Å². The Labute approximate surface area is 150 Å². The van der Waals surface area contributed by atoms with Crippen LogP contribution in [0.5, 0.6) is 0 Å². The Morgan fingerprint density at radius 2 is 1.85 bits per heavy atom. The van der Waals surface area contributed by atoms with Crippen molar-refractivity contribution in [3.8, 4) is 0 Å². The second-order valence-electron chi connectivity index (χ2n) is 6.33. The van der Waals surface area contributed by atoms with Crippen molar-refractivity contribution >= 4 is 23.3 Å². The maximum atomic E-state index is 14.5. The third-order valence-electron chi connectivity index (χ3n) is 4.10. The highest BCUT2D eigenvalue weighted by atomic mass is 19.1. The molecule has 3 rings (SSSR count). The molecule has 0 fully saturated rings. The Morgan fingerprint density at radius 3 is 2.50 bits per heavy atom. The number of benzene rings is 2. The summed E-state index contributed by atoms with van der Waals surface area (Å²) in [6.45, 7) is 5.19. The molecule has 1 unspecified atom stereocenters. The van der Waals surface area contributed by atoms with Gasteiger partial charge >= 0.3 is 5.97 Å². The van der Waals surface area contributed by atoms with E-state index in [9.17, 15) is 14.0 Å². The van der Waals surface area contributed by atoms with Crippen molar-refractivity contribution in [1.82, 2.24) is 0 Å². The molecule has 1 atom stereocenters. The number of carbonyl (C=O) groups is 2. The lowest BCUT2D eigenvalue weighted by Gasteiger charge is -2.17. The van der Waals surface area contributed by atoms with Gasteiger partial charge in [0, 0.05) is 18.1 Å². The van der Waals surface area contributed by atoms with E-state index in [0.717, 1.165) is 5.56 Å². The topological polar surface area (TPSA) is 67.8 Å². The number of aliphatic imine (C=N–C) groups is 1. The minimum absolute atomic E-state index is 0.123. The second kappa shape index (κ2) is 7.07. The van der Waals surface area contributed by atoms with Gasteiger partial charge in [-0.3, -0.25) is 9.59 Å².